The van der Waals surface area contributed by atoms with Gasteiger partial charge in [-0.25, -0.2) is 0 Å². The number of nitrogens with one attached hydrogen (secondary N) is 1. The van der Waals surface area contributed by atoms with Crippen LogP contribution in [0.3, 0.4) is 0 Å². The summed E-state index contributed by atoms with van der Waals surface area (Å²) in [6.07, 6.45) is 0. The van der Waals surface area contributed by atoms with Gasteiger partial charge in [0.1, 0.15) is 6.07 Å². The van der Waals surface area contributed by atoms with Crippen LogP contribution in [0.15, 0.2) is 58.2 Å². The molecule has 26 heavy (non-hydrogen) atoms. The molecule has 0 saturated carbocycles. The third-order valence-corrected chi connectivity index (χ3v) is 4.68. The molecule has 8 heteroatoms. The van der Waals surface area contributed by atoms with E-state index in [0.29, 0.717) is 22.4 Å². The first-order chi connectivity index (χ1) is 12.6. The number of carbonyl (C=O) groups is 1. The standard InChI is InChI=1S/C18H13ClN4O2S/c1-11(16(24)21-14-8-7-13(10-20)15(19)9-14)26-18-23-22-17(25-18)12-5-3-2-4-6-12/h2-9,11H,1H3,(H,21,24)/t11-/m0/s1. The summed E-state index contributed by atoms with van der Waals surface area (Å²) in [6, 6.07) is 16.1. The number of amides is 1. The van der Waals surface area contributed by atoms with E-state index < -0.39 is 5.25 Å². The van der Waals surface area contributed by atoms with E-state index in [9.17, 15) is 4.79 Å². The maximum absolute atomic E-state index is 12.3. The lowest BCUT2D eigenvalue weighted by molar-refractivity contribution is -0.115. The van der Waals surface area contributed by atoms with Crippen molar-refractivity contribution in [3.05, 3.63) is 59.1 Å². The van der Waals surface area contributed by atoms with Crippen LogP contribution in [-0.4, -0.2) is 21.4 Å². The largest absolute Gasteiger partial charge is 0.411 e. The summed E-state index contributed by atoms with van der Waals surface area (Å²) in [5.41, 5.74) is 1.68. The Morgan fingerprint density at radius 3 is 2.73 bits per heavy atom. The van der Waals surface area contributed by atoms with Crippen molar-refractivity contribution in [2.75, 3.05) is 5.32 Å². The number of thioether (sulfide) groups is 1. The predicted octanol–water partition coefficient (Wildman–Crippen LogP) is 4.38. The van der Waals surface area contributed by atoms with E-state index >= 15 is 0 Å². The van der Waals surface area contributed by atoms with Gasteiger partial charge in [-0.3, -0.25) is 4.79 Å². The van der Waals surface area contributed by atoms with E-state index in [1.54, 1.807) is 19.1 Å². The molecule has 1 amide bonds. The third kappa shape index (κ3) is 4.23. The number of anilines is 1. The van der Waals surface area contributed by atoms with Crippen molar-refractivity contribution in [1.82, 2.24) is 10.2 Å². The average molecular weight is 385 g/mol. The molecular weight excluding hydrogens is 372 g/mol. The van der Waals surface area contributed by atoms with Gasteiger partial charge >= 0.3 is 0 Å². The van der Waals surface area contributed by atoms with Crippen molar-refractivity contribution < 1.29 is 9.21 Å². The summed E-state index contributed by atoms with van der Waals surface area (Å²) in [4.78, 5) is 12.3. The van der Waals surface area contributed by atoms with E-state index in [0.717, 1.165) is 17.3 Å². The van der Waals surface area contributed by atoms with E-state index in [-0.39, 0.29) is 10.9 Å². The Bertz CT molecular complexity index is 969. The van der Waals surface area contributed by atoms with Crippen LogP contribution in [0, 0.1) is 11.3 Å². The zero-order chi connectivity index (χ0) is 18.5. The lowest BCUT2D eigenvalue weighted by Crippen LogP contribution is -2.22. The Kier molecular flexibility index (Phi) is 5.56. The average Bonchev–Trinajstić information content (AvgIpc) is 3.11. The Labute approximate surface area is 159 Å². The summed E-state index contributed by atoms with van der Waals surface area (Å²) >= 11 is 7.13. The second kappa shape index (κ2) is 8.04. The molecule has 2 aromatic carbocycles. The number of carbonyl (C=O) groups excluding carboxylic acids is 1. The zero-order valence-electron chi connectivity index (χ0n) is 13.6. The van der Waals surface area contributed by atoms with Gasteiger partial charge in [0, 0.05) is 11.3 Å². The molecule has 0 radical (unpaired) electrons. The maximum atomic E-state index is 12.3. The Morgan fingerprint density at radius 1 is 1.27 bits per heavy atom. The van der Waals surface area contributed by atoms with Crippen molar-refractivity contribution in [2.24, 2.45) is 0 Å². The van der Waals surface area contributed by atoms with E-state index in [1.807, 2.05) is 36.4 Å². The number of nitrogens with zero attached hydrogens (tertiary/aromatic N) is 3. The molecule has 130 valence electrons. The van der Waals surface area contributed by atoms with Crippen LogP contribution in [0.2, 0.25) is 5.02 Å². The molecule has 1 N–H and O–H groups in total. The number of hydrogen-bond acceptors (Lipinski definition) is 6. The molecule has 0 spiro atoms. The molecule has 0 aliphatic heterocycles. The molecule has 1 heterocycles. The molecule has 6 nitrogen and oxygen atoms in total. The molecule has 0 bridgehead atoms. The molecular formula is C18H13ClN4O2S. The first-order valence-corrected chi connectivity index (χ1v) is 8.88. The summed E-state index contributed by atoms with van der Waals surface area (Å²) in [6.45, 7) is 1.73. The Hall–Kier alpha value is -2.82. The fourth-order valence-corrected chi connectivity index (χ4v) is 2.99. The molecule has 0 aliphatic carbocycles. The predicted molar refractivity (Wildman–Crippen MR) is 99.8 cm³/mol. The molecule has 3 aromatic rings. The number of halogens is 1. The van der Waals surface area contributed by atoms with Crippen LogP contribution >= 0.6 is 23.4 Å². The smallest absolute Gasteiger partial charge is 0.277 e. The molecule has 1 aromatic heterocycles. The number of nitriles is 1. The third-order valence-electron chi connectivity index (χ3n) is 3.43. The number of hydrogen-bond donors (Lipinski definition) is 1. The first-order valence-electron chi connectivity index (χ1n) is 7.63. The number of rotatable bonds is 5. The highest BCUT2D eigenvalue weighted by Crippen LogP contribution is 2.27. The summed E-state index contributed by atoms with van der Waals surface area (Å²) in [5.74, 6) is 0.162. The topological polar surface area (TPSA) is 91.8 Å². The highest BCUT2D eigenvalue weighted by atomic mass is 35.5. The fraction of sp³-hybridized carbons (Fsp3) is 0.111. The van der Waals surface area contributed by atoms with Crippen molar-refractivity contribution in [3.8, 4) is 17.5 Å². The number of benzene rings is 2. The van der Waals surface area contributed by atoms with Gasteiger partial charge in [0.15, 0.2) is 0 Å². The Balaban J connectivity index is 1.64. The SMILES string of the molecule is C[C@H](Sc1nnc(-c2ccccc2)o1)C(=O)Nc1ccc(C#N)c(Cl)c1. The van der Waals surface area contributed by atoms with Crippen LogP contribution < -0.4 is 5.32 Å². The summed E-state index contributed by atoms with van der Waals surface area (Å²) in [5, 5.41) is 19.7. The molecule has 0 fully saturated rings. The van der Waals surface area contributed by atoms with Gasteiger partial charge in [-0.15, -0.1) is 10.2 Å². The summed E-state index contributed by atoms with van der Waals surface area (Å²) < 4.78 is 5.59. The van der Waals surface area contributed by atoms with Crippen LogP contribution in [-0.2, 0) is 4.79 Å². The van der Waals surface area contributed by atoms with Gasteiger partial charge in [0.25, 0.3) is 5.22 Å². The molecule has 3 rings (SSSR count). The molecule has 0 unspecified atom stereocenters. The lowest BCUT2D eigenvalue weighted by atomic mass is 10.2. The van der Waals surface area contributed by atoms with Crippen LogP contribution in [0.1, 0.15) is 12.5 Å². The van der Waals surface area contributed by atoms with Gasteiger partial charge in [-0.05, 0) is 37.3 Å². The maximum Gasteiger partial charge on any atom is 0.277 e. The summed E-state index contributed by atoms with van der Waals surface area (Å²) in [7, 11) is 0. The van der Waals surface area contributed by atoms with Gasteiger partial charge < -0.3 is 9.73 Å². The van der Waals surface area contributed by atoms with Crippen LogP contribution in [0.5, 0.6) is 0 Å². The van der Waals surface area contributed by atoms with Gasteiger partial charge in [-0.2, -0.15) is 5.26 Å². The second-order valence-corrected chi connectivity index (χ2v) is 6.99. The zero-order valence-corrected chi connectivity index (χ0v) is 15.2. The van der Waals surface area contributed by atoms with Crippen molar-refractivity contribution in [3.63, 3.8) is 0 Å². The van der Waals surface area contributed by atoms with Crippen molar-refractivity contribution >= 4 is 35.0 Å². The quantitative estimate of drug-likeness (QED) is 0.656. The van der Waals surface area contributed by atoms with Crippen molar-refractivity contribution in [1.29, 1.82) is 5.26 Å². The monoisotopic (exact) mass is 384 g/mol. The molecule has 0 aliphatic rings. The first kappa shape index (κ1) is 18.0. The minimum absolute atomic E-state index is 0.241. The fourth-order valence-electron chi connectivity index (χ4n) is 2.09. The van der Waals surface area contributed by atoms with Crippen LogP contribution in [0.4, 0.5) is 5.69 Å². The highest BCUT2D eigenvalue weighted by molar-refractivity contribution is 8.00. The van der Waals surface area contributed by atoms with E-state index in [4.69, 9.17) is 21.3 Å². The molecule has 0 saturated heterocycles. The van der Waals surface area contributed by atoms with Gasteiger partial charge in [0.05, 0.1) is 15.8 Å². The Morgan fingerprint density at radius 2 is 2.04 bits per heavy atom. The van der Waals surface area contributed by atoms with Gasteiger partial charge in [-0.1, -0.05) is 41.6 Å². The van der Waals surface area contributed by atoms with Gasteiger partial charge in [0.2, 0.25) is 11.8 Å². The van der Waals surface area contributed by atoms with E-state index in [2.05, 4.69) is 15.5 Å². The minimum Gasteiger partial charge on any atom is -0.411 e. The molecule has 1 atom stereocenters. The lowest BCUT2D eigenvalue weighted by Gasteiger charge is -2.10. The minimum atomic E-state index is -0.464. The van der Waals surface area contributed by atoms with E-state index in [1.165, 1.54) is 6.07 Å². The highest BCUT2D eigenvalue weighted by Gasteiger charge is 2.19. The number of aromatic nitrogens is 2. The normalized spacial score (nSPS) is 11.6. The second-order valence-electron chi connectivity index (χ2n) is 5.29. The van der Waals surface area contributed by atoms with Crippen LogP contribution in [0.25, 0.3) is 11.5 Å². The van der Waals surface area contributed by atoms with Crippen molar-refractivity contribution in [2.45, 2.75) is 17.4 Å².